The van der Waals surface area contributed by atoms with E-state index in [9.17, 15) is 13.2 Å². The van der Waals surface area contributed by atoms with Gasteiger partial charge in [-0.15, -0.1) is 11.3 Å². The van der Waals surface area contributed by atoms with Crippen LogP contribution in [0.1, 0.15) is 11.3 Å². The Morgan fingerprint density at radius 1 is 1.33 bits per heavy atom. The highest BCUT2D eigenvalue weighted by Gasteiger charge is 2.11. The lowest BCUT2D eigenvalue weighted by molar-refractivity contribution is -0.136. The van der Waals surface area contributed by atoms with Crippen LogP contribution in [0.5, 0.6) is 0 Å². The molecule has 0 bridgehead atoms. The van der Waals surface area contributed by atoms with Gasteiger partial charge in [-0.3, -0.25) is 9.52 Å². The maximum absolute atomic E-state index is 11.9. The minimum absolute atomic E-state index is 0.143. The quantitative estimate of drug-likeness (QED) is 0.849. The summed E-state index contributed by atoms with van der Waals surface area (Å²) >= 11 is 1.04. The standard InChI is InChI=1S/C13H12N2O4S2/c16-12(17)8-11-9-20-13(14-11)15-21(18,19)7-6-10-4-2-1-3-5-10/h1-7,9H,8H2,(H,14,15)(H,16,17). The molecule has 0 spiro atoms. The summed E-state index contributed by atoms with van der Waals surface area (Å²) in [7, 11) is -3.68. The van der Waals surface area contributed by atoms with Gasteiger partial charge in [0.05, 0.1) is 17.5 Å². The first-order valence-electron chi connectivity index (χ1n) is 5.87. The van der Waals surface area contributed by atoms with Gasteiger partial charge in [0.1, 0.15) is 0 Å². The predicted molar refractivity (Wildman–Crippen MR) is 81.5 cm³/mol. The van der Waals surface area contributed by atoms with Crippen molar-refractivity contribution in [2.45, 2.75) is 6.42 Å². The number of nitrogens with one attached hydrogen (secondary N) is 1. The molecular weight excluding hydrogens is 312 g/mol. The lowest BCUT2D eigenvalue weighted by Gasteiger charge is -1.99. The first-order chi connectivity index (χ1) is 9.94. The zero-order valence-electron chi connectivity index (χ0n) is 10.8. The first-order valence-corrected chi connectivity index (χ1v) is 8.29. The Bertz CT molecular complexity index is 751. The number of sulfonamides is 1. The number of anilines is 1. The second-order valence-electron chi connectivity index (χ2n) is 4.08. The Hall–Kier alpha value is -2.19. The average molecular weight is 324 g/mol. The molecule has 0 unspecified atom stereocenters. The largest absolute Gasteiger partial charge is 0.481 e. The van der Waals surface area contributed by atoms with Crippen molar-refractivity contribution in [3.63, 3.8) is 0 Å². The average Bonchev–Trinajstić information content (AvgIpc) is 2.83. The fourth-order valence-corrected chi connectivity index (χ4v) is 3.27. The molecule has 6 nitrogen and oxygen atoms in total. The zero-order valence-corrected chi connectivity index (χ0v) is 12.4. The maximum atomic E-state index is 11.9. The first kappa shape index (κ1) is 15.2. The Morgan fingerprint density at radius 2 is 2.05 bits per heavy atom. The topological polar surface area (TPSA) is 96.4 Å². The van der Waals surface area contributed by atoms with Crippen molar-refractivity contribution in [3.05, 3.63) is 52.4 Å². The van der Waals surface area contributed by atoms with Crippen molar-refractivity contribution < 1.29 is 18.3 Å². The smallest absolute Gasteiger partial charge is 0.309 e. The molecule has 0 saturated heterocycles. The molecule has 8 heteroatoms. The van der Waals surface area contributed by atoms with Crippen LogP contribution in [0.4, 0.5) is 5.13 Å². The molecule has 0 atom stereocenters. The van der Waals surface area contributed by atoms with E-state index in [-0.39, 0.29) is 11.6 Å². The van der Waals surface area contributed by atoms with E-state index in [1.807, 2.05) is 6.07 Å². The Labute approximate surface area is 125 Å². The van der Waals surface area contributed by atoms with Gasteiger partial charge in [-0.05, 0) is 11.6 Å². The van der Waals surface area contributed by atoms with E-state index in [4.69, 9.17) is 5.11 Å². The molecule has 2 N–H and O–H groups in total. The van der Waals surface area contributed by atoms with E-state index in [2.05, 4.69) is 9.71 Å². The van der Waals surface area contributed by atoms with Gasteiger partial charge in [-0.2, -0.15) is 0 Å². The minimum Gasteiger partial charge on any atom is -0.481 e. The van der Waals surface area contributed by atoms with Gasteiger partial charge in [0.25, 0.3) is 10.0 Å². The summed E-state index contributed by atoms with van der Waals surface area (Å²) in [5, 5.41) is 11.3. The van der Waals surface area contributed by atoms with Crippen LogP contribution in [-0.4, -0.2) is 24.5 Å². The van der Waals surface area contributed by atoms with Crippen LogP contribution in [0, 0.1) is 0 Å². The van der Waals surface area contributed by atoms with Crippen molar-refractivity contribution in [3.8, 4) is 0 Å². The van der Waals surface area contributed by atoms with Crippen LogP contribution in [0.3, 0.4) is 0 Å². The lowest BCUT2D eigenvalue weighted by Crippen LogP contribution is -2.09. The SMILES string of the molecule is O=C(O)Cc1csc(NS(=O)(=O)C=Cc2ccccc2)n1. The van der Waals surface area contributed by atoms with Gasteiger partial charge in [0.15, 0.2) is 5.13 Å². The number of carbonyl (C=O) groups is 1. The number of thiazole rings is 1. The Kier molecular flexibility index (Phi) is 4.71. The number of aromatic nitrogens is 1. The predicted octanol–water partition coefficient (Wildman–Crippen LogP) is 2.18. The summed E-state index contributed by atoms with van der Waals surface area (Å²) in [5.41, 5.74) is 1.07. The van der Waals surface area contributed by atoms with Gasteiger partial charge in [-0.25, -0.2) is 13.4 Å². The van der Waals surface area contributed by atoms with Crippen molar-refractivity contribution in [2.75, 3.05) is 4.72 Å². The number of hydrogen-bond acceptors (Lipinski definition) is 5. The molecule has 0 amide bonds. The van der Waals surface area contributed by atoms with Crippen molar-refractivity contribution in [2.24, 2.45) is 0 Å². The summed E-state index contributed by atoms with van der Waals surface area (Å²) in [6, 6.07) is 9.00. The number of benzene rings is 1. The number of aliphatic carboxylic acids is 1. The third-order valence-corrected chi connectivity index (χ3v) is 4.26. The number of rotatable bonds is 6. The molecule has 0 radical (unpaired) electrons. The van der Waals surface area contributed by atoms with Crippen LogP contribution >= 0.6 is 11.3 Å². The number of nitrogens with zero attached hydrogens (tertiary/aromatic N) is 1. The van der Waals surface area contributed by atoms with Gasteiger partial charge in [0, 0.05) is 5.38 Å². The highest BCUT2D eigenvalue weighted by atomic mass is 32.2. The molecule has 2 rings (SSSR count). The molecule has 1 aromatic heterocycles. The molecule has 0 aliphatic carbocycles. The monoisotopic (exact) mass is 324 g/mol. The number of carboxylic acids is 1. The van der Waals surface area contributed by atoms with Crippen molar-refractivity contribution in [1.29, 1.82) is 0 Å². The summed E-state index contributed by atoms with van der Waals surface area (Å²) in [4.78, 5) is 14.4. The van der Waals surface area contributed by atoms with Crippen molar-refractivity contribution >= 4 is 38.5 Å². The molecule has 0 fully saturated rings. The summed E-state index contributed by atoms with van der Waals surface area (Å²) < 4.78 is 26.0. The van der Waals surface area contributed by atoms with E-state index in [1.54, 1.807) is 24.3 Å². The van der Waals surface area contributed by atoms with Crippen LogP contribution in [0.15, 0.2) is 41.1 Å². The van der Waals surface area contributed by atoms with Crippen LogP contribution in [0.2, 0.25) is 0 Å². The molecule has 110 valence electrons. The second kappa shape index (κ2) is 6.51. The van der Waals surface area contributed by atoms with E-state index < -0.39 is 16.0 Å². The fourth-order valence-electron chi connectivity index (χ4n) is 1.48. The molecule has 1 aromatic carbocycles. The van der Waals surface area contributed by atoms with Crippen molar-refractivity contribution in [1.82, 2.24) is 4.98 Å². The highest BCUT2D eigenvalue weighted by Crippen LogP contribution is 2.18. The zero-order chi connectivity index (χ0) is 15.3. The molecular formula is C13H12N2O4S2. The lowest BCUT2D eigenvalue weighted by atomic mass is 10.2. The molecule has 0 aliphatic heterocycles. The summed E-state index contributed by atoms with van der Waals surface area (Å²) in [6.07, 6.45) is 1.23. The van der Waals surface area contributed by atoms with Gasteiger partial charge >= 0.3 is 5.97 Å². The number of hydrogen-bond donors (Lipinski definition) is 2. The minimum atomic E-state index is -3.68. The van der Waals surface area contributed by atoms with Crippen LogP contribution in [0.25, 0.3) is 6.08 Å². The summed E-state index contributed by atoms with van der Waals surface area (Å²) in [5.74, 6) is -1.02. The van der Waals surface area contributed by atoms with Gasteiger partial charge < -0.3 is 5.11 Å². The summed E-state index contributed by atoms with van der Waals surface area (Å²) in [6.45, 7) is 0. The molecule has 0 aliphatic rings. The molecule has 21 heavy (non-hydrogen) atoms. The van der Waals surface area contributed by atoms with Gasteiger partial charge in [-0.1, -0.05) is 30.3 Å². The van der Waals surface area contributed by atoms with E-state index >= 15 is 0 Å². The maximum Gasteiger partial charge on any atom is 0.309 e. The van der Waals surface area contributed by atoms with E-state index in [0.29, 0.717) is 5.69 Å². The molecule has 0 saturated carbocycles. The van der Waals surface area contributed by atoms with Crippen LogP contribution in [-0.2, 0) is 21.2 Å². The second-order valence-corrected chi connectivity index (χ2v) is 6.50. The number of carboxylic acid groups (broad SMARTS) is 1. The fraction of sp³-hybridized carbons (Fsp3) is 0.0769. The third-order valence-electron chi connectivity index (χ3n) is 2.35. The Morgan fingerprint density at radius 3 is 2.71 bits per heavy atom. The third kappa shape index (κ3) is 5.01. The highest BCUT2D eigenvalue weighted by molar-refractivity contribution is 7.95. The van der Waals surface area contributed by atoms with Gasteiger partial charge in [0.2, 0.25) is 0 Å². The van der Waals surface area contributed by atoms with Crippen LogP contribution < -0.4 is 4.72 Å². The van der Waals surface area contributed by atoms with E-state index in [1.165, 1.54) is 11.5 Å². The molecule has 2 aromatic rings. The normalized spacial score (nSPS) is 11.6. The van der Waals surface area contributed by atoms with E-state index in [0.717, 1.165) is 22.3 Å². The molecule has 1 heterocycles. The Balaban J connectivity index is 2.05.